The zero-order valence-corrected chi connectivity index (χ0v) is 12.2. The van der Waals surface area contributed by atoms with Gasteiger partial charge in [-0.05, 0) is 37.3 Å². The van der Waals surface area contributed by atoms with E-state index in [-0.39, 0.29) is 15.5 Å². The van der Waals surface area contributed by atoms with E-state index in [2.05, 4.69) is 0 Å². The van der Waals surface area contributed by atoms with Crippen molar-refractivity contribution in [3.05, 3.63) is 69.8 Å². The third kappa shape index (κ3) is 3.46. The van der Waals surface area contributed by atoms with Crippen molar-refractivity contribution in [1.29, 1.82) is 0 Å². The van der Waals surface area contributed by atoms with E-state index in [4.69, 9.17) is 11.6 Å². The molecule has 0 spiro atoms. The molecule has 0 fully saturated rings. The highest BCUT2D eigenvalue weighted by Gasteiger charge is 2.10. The molecule has 0 radical (unpaired) electrons. The van der Waals surface area contributed by atoms with Crippen molar-refractivity contribution in [2.24, 2.45) is 0 Å². The predicted molar refractivity (Wildman–Crippen MR) is 78.8 cm³/mol. The van der Waals surface area contributed by atoms with Gasteiger partial charge in [0.1, 0.15) is 5.82 Å². The molecule has 0 atom stereocenters. The molecule has 0 amide bonds. The Morgan fingerprint density at radius 1 is 1.10 bits per heavy atom. The first kappa shape index (κ1) is 14.8. The van der Waals surface area contributed by atoms with Crippen LogP contribution in [0, 0.1) is 12.7 Å². The maximum atomic E-state index is 13.6. The van der Waals surface area contributed by atoms with Crippen molar-refractivity contribution in [2.75, 3.05) is 0 Å². The van der Waals surface area contributed by atoms with E-state index in [0.29, 0.717) is 0 Å². The fourth-order valence-electron chi connectivity index (χ4n) is 1.61. The molecule has 0 bridgehead atoms. The van der Waals surface area contributed by atoms with Crippen LogP contribution in [0.5, 0.6) is 0 Å². The monoisotopic (exact) mass is 310 g/mol. The van der Waals surface area contributed by atoms with Gasteiger partial charge in [0, 0.05) is 16.0 Å². The molecule has 2 rings (SSSR count). The van der Waals surface area contributed by atoms with Gasteiger partial charge >= 0.3 is 0 Å². The summed E-state index contributed by atoms with van der Waals surface area (Å²) < 4.78 is 37.7. The van der Waals surface area contributed by atoms with Crippen LogP contribution in [0.1, 0.15) is 11.1 Å². The van der Waals surface area contributed by atoms with Crippen molar-refractivity contribution in [2.45, 2.75) is 11.8 Å². The first-order valence-corrected chi connectivity index (χ1v) is 7.76. The van der Waals surface area contributed by atoms with Crippen LogP contribution >= 0.6 is 11.6 Å². The summed E-state index contributed by atoms with van der Waals surface area (Å²) in [5.41, 5.74) is 1.14. The topological polar surface area (TPSA) is 34.1 Å². The lowest BCUT2D eigenvalue weighted by Gasteiger charge is -2.01. The van der Waals surface area contributed by atoms with Crippen LogP contribution < -0.4 is 0 Å². The fourth-order valence-corrected chi connectivity index (χ4v) is 2.76. The van der Waals surface area contributed by atoms with Gasteiger partial charge in [-0.3, -0.25) is 0 Å². The summed E-state index contributed by atoms with van der Waals surface area (Å²) in [7, 11) is -3.58. The van der Waals surface area contributed by atoms with Crippen LogP contribution in [-0.2, 0) is 9.84 Å². The Hall–Kier alpha value is -1.65. The second kappa shape index (κ2) is 5.77. The molecular weight excluding hydrogens is 299 g/mol. The third-order valence-electron chi connectivity index (χ3n) is 2.74. The minimum atomic E-state index is -3.58. The largest absolute Gasteiger partial charge is 0.219 e. The van der Waals surface area contributed by atoms with Gasteiger partial charge in [-0.2, -0.15) is 0 Å². The van der Waals surface area contributed by atoms with Crippen LogP contribution in [-0.4, -0.2) is 8.42 Å². The standard InChI is InChI=1S/C15H12ClFO2S/c1-11-2-6-14(7-3-11)20(18,19)9-8-12-4-5-13(16)10-15(12)17/h2-10H,1H3/b9-8+. The molecule has 2 aromatic rings. The Kier molecular flexibility index (Phi) is 4.26. The van der Waals surface area contributed by atoms with Crippen molar-refractivity contribution < 1.29 is 12.8 Å². The predicted octanol–water partition coefficient (Wildman–Crippen LogP) is 4.23. The highest BCUT2D eigenvalue weighted by Crippen LogP contribution is 2.18. The quantitative estimate of drug-likeness (QED) is 0.850. The number of hydrogen-bond acceptors (Lipinski definition) is 2. The minimum absolute atomic E-state index is 0.171. The highest BCUT2D eigenvalue weighted by atomic mass is 35.5. The Balaban J connectivity index is 2.32. The molecule has 0 aliphatic rings. The highest BCUT2D eigenvalue weighted by molar-refractivity contribution is 7.94. The molecule has 2 aromatic carbocycles. The molecule has 0 saturated carbocycles. The van der Waals surface area contributed by atoms with Crippen molar-refractivity contribution in [3.8, 4) is 0 Å². The molecule has 0 aromatic heterocycles. The number of sulfone groups is 1. The average molecular weight is 311 g/mol. The van der Waals surface area contributed by atoms with E-state index in [0.717, 1.165) is 17.0 Å². The molecular formula is C15H12ClFO2S. The molecule has 0 unspecified atom stereocenters. The van der Waals surface area contributed by atoms with Gasteiger partial charge < -0.3 is 0 Å². The van der Waals surface area contributed by atoms with E-state index < -0.39 is 15.7 Å². The summed E-state index contributed by atoms with van der Waals surface area (Å²) in [5.74, 6) is -0.562. The molecule has 0 aliphatic heterocycles. The molecule has 0 aliphatic carbocycles. The van der Waals surface area contributed by atoms with E-state index in [1.54, 1.807) is 12.1 Å². The van der Waals surface area contributed by atoms with Crippen molar-refractivity contribution in [1.82, 2.24) is 0 Å². The van der Waals surface area contributed by atoms with Gasteiger partial charge in [0.15, 0.2) is 9.84 Å². The Labute approximate surface area is 122 Å². The normalized spacial score (nSPS) is 11.9. The summed E-state index contributed by atoms with van der Waals surface area (Å²) >= 11 is 5.64. The van der Waals surface area contributed by atoms with Crippen LogP contribution in [0.15, 0.2) is 52.8 Å². The van der Waals surface area contributed by atoms with Crippen LogP contribution in [0.2, 0.25) is 5.02 Å². The van der Waals surface area contributed by atoms with Crippen molar-refractivity contribution >= 4 is 27.5 Å². The number of aryl methyl sites for hydroxylation is 1. The number of halogens is 2. The minimum Gasteiger partial charge on any atom is -0.219 e. The molecule has 2 nitrogen and oxygen atoms in total. The Bertz CT molecular complexity index is 750. The van der Waals surface area contributed by atoms with E-state index >= 15 is 0 Å². The summed E-state index contributed by atoms with van der Waals surface area (Å²) in [5, 5.41) is 1.25. The van der Waals surface area contributed by atoms with Crippen LogP contribution in [0.4, 0.5) is 4.39 Å². The van der Waals surface area contributed by atoms with E-state index in [9.17, 15) is 12.8 Å². The first-order chi connectivity index (χ1) is 9.38. The lowest BCUT2D eigenvalue weighted by atomic mass is 10.2. The first-order valence-electron chi connectivity index (χ1n) is 5.83. The molecule has 0 saturated heterocycles. The lowest BCUT2D eigenvalue weighted by molar-refractivity contribution is 0.605. The van der Waals surface area contributed by atoms with Gasteiger partial charge in [-0.15, -0.1) is 0 Å². The zero-order valence-electron chi connectivity index (χ0n) is 10.7. The molecule has 104 valence electrons. The molecule has 5 heteroatoms. The van der Waals surface area contributed by atoms with Crippen LogP contribution in [0.25, 0.3) is 6.08 Å². The number of hydrogen-bond donors (Lipinski definition) is 0. The fraction of sp³-hybridized carbons (Fsp3) is 0.0667. The van der Waals surface area contributed by atoms with E-state index in [1.807, 2.05) is 6.92 Å². The zero-order chi connectivity index (χ0) is 14.8. The smallest absolute Gasteiger partial charge is 0.199 e. The average Bonchev–Trinajstić information content (AvgIpc) is 2.38. The van der Waals surface area contributed by atoms with E-state index in [1.165, 1.54) is 30.3 Å². The summed E-state index contributed by atoms with van der Waals surface area (Å²) in [6.45, 7) is 1.87. The summed E-state index contributed by atoms with van der Waals surface area (Å²) in [4.78, 5) is 0.175. The second-order valence-electron chi connectivity index (χ2n) is 4.33. The third-order valence-corrected chi connectivity index (χ3v) is 4.40. The summed E-state index contributed by atoms with van der Waals surface area (Å²) in [6.07, 6.45) is 1.22. The Morgan fingerprint density at radius 3 is 2.35 bits per heavy atom. The van der Waals surface area contributed by atoms with Gasteiger partial charge in [0.05, 0.1) is 4.90 Å². The van der Waals surface area contributed by atoms with Gasteiger partial charge in [0.25, 0.3) is 0 Å². The summed E-state index contributed by atoms with van der Waals surface area (Å²) in [6, 6.07) is 10.5. The SMILES string of the molecule is Cc1ccc(S(=O)(=O)/C=C/c2ccc(Cl)cc2F)cc1. The van der Waals surface area contributed by atoms with Gasteiger partial charge in [0.2, 0.25) is 0 Å². The van der Waals surface area contributed by atoms with Crippen LogP contribution in [0.3, 0.4) is 0 Å². The maximum Gasteiger partial charge on any atom is 0.199 e. The van der Waals surface area contributed by atoms with Crippen molar-refractivity contribution in [3.63, 3.8) is 0 Å². The molecule has 0 heterocycles. The second-order valence-corrected chi connectivity index (χ2v) is 6.60. The lowest BCUT2D eigenvalue weighted by Crippen LogP contribution is -1.96. The molecule has 0 N–H and O–H groups in total. The molecule has 20 heavy (non-hydrogen) atoms. The van der Waals surface area contributed by atoms with Gasteiger partial charge in [-0.25, -0.2) is 12.8 Å². The number of rotatable bonds is 3. The Morgan fingerprint density at radius 2 is 1.75 bits per heavy atom. The number of benzene rings is 2. The maximum absolute atomic E-state index is 13.6. The van der Waals surface area contributed by atoms with Gasteiger partial charge in [-0.1, -0.05) is 35.4 Å².